The molecular formula is C21H17FO5. The molecule has 6 heteroatoms. The molecule has 0 aliphatic carbocycles. The molecule has 0 saturated carbocycles. The van der Waals surface area contributed by atoms with Gasteiger partial charge in [0.25, 0.3) is 0 Å². The summed E-state index contributed by atoms with van der Waals surface area (Å²) in [5.41, 5.74) is 1.57. The number of aryl methyl sites for hydroxylation is 1. The predicted octanol–water partition coefficient (Wildman–Crippen LogP) is 3.83. The summed E-state index contributed by atoms with van der Waals surface area (Å²) in [5, 5.41) is 0. The maximum atomic E-state index is 13.4. The molecule has 138 valence electrons. The summed E-state index contributed by atoms with van der Waals surface area (Å²) in [7, 11) is 0. The molecule has 1 saturated heterocycles. The third kappa shape index (κ3) is 3.48. The van der Waals surface area contributed by atoms with E-state index in [2.05, 4.69) is 0 Å². The minimum atomic E-state index is -0.551. The molecule has 1 fully saturated rings. The predicted molar refractivity (Wildman–Crippen MR) is 95.1 cm³/mol. The molecular weight excluding hydrogens is 351 g/mol. The second-order valence-corrected chi connectivity index (χ2v) is 6.53. The number of benzene rings is 2. The fourth-order valence-corrected chi connectivity index (χ4v) is 3.23. The van der Waals surface area contributed by atoms with Gasteiger partial charge in [0.1, 0.15) is 17.3 Å². The minimum absolute atomic E-state index is 0.0984. The second-order valence-electron chi connectivity index (χ2n) is 6.53. The molecule has 0 bridgehead atoms. The van der Waals surface area contributed by atoms with E-state index in [1.165, 1.54) is 24.3 Å². The molecule has 2 heterocycles. The number of hydrogen-bond donors (Lipinski definition) is 0. The maximum Gasteiger partial charge on any atom is 0.340 e. The zero-order chi connectivity index (χ0) is 19.0. The Balaban J connectivity index is 1.59. The van der Waals surface area contributed by atoms with Crippen LogP contribution in [0, 0.1) is 12.7 Å². The number of allylic oxidation sites excluding steroid dienone is 1. The minimum Gasteiger partial charge on any atom is -0.452 e. The quantitative estimate of drug-likeness (QED) is 0.468. The summed E-state index contributed by atoms with van der Waals surface area (Å²) in [5.74, 6) is -0.423. The first-order chi connectivity index (χ1) is 13.0. The molecule has 0 amide bonds. The van der Waals surface area contributed by atoms with Crippen LogP contribution in [-0.2, 0) is 9.53 Å². The Kier molecular flexibility index (Phi) is 4.49. The molecule has 2 aromatic carbocycles. The molecule has 2 aliphatic rings. The van der Waals surface area contributed by atoms with Crippen molar-refractivity contribution in [1.29, 1.82) is 0 Å². The fraction of sp³-hybridized carbons (Fsp3) is 0.238. The van der Waals surface area contributed by atoms with Crippen LogP contribution >= 0.6 is 0 Å². The molecule has 1 unspecified atom stereocenters. The van der Waals surface area contributed by atoms with E-state index in [9.17, 15) is 14.0 Å². The van der Waals surface area contributed by atoms with Gasteiger partial charge in [-0.3, -0.25) is 4.79 Å². The third-order valence-electron chi connectivity index (χ3n) is 4.50. The lowest BCUT2D eigenvalue weighted by Gasteiger charge is -2.11. The number of carbonyl (C=O) groups is 2. The van der Waals surface area contributed by atoms with Gasteiger partial charge in [-0.1, -0.05) is 12.1 Å². The van der Waals surface area contributed by atoms with Gasteiger partial charge in [-0.2, -0.15) is 0 Å². The molecule has 0 N–H and O–H groups in total. The van der Waals surface area contributed by atoms with E-state index < -0.39 is 17.9 Å². The Bertz CT molecular complexity index is 957. The van der Waals surface area contributed by atoms with E-state index in [4.69, 9.17) is 14.2 Å². The average Bonchev–Trinajstić information content (AvgIpc) is 3.24. The van der Waals surface area contributed by atoms with Gasteiger partial charge in [0.05, 0.1) is 5.56 Å². The van der Waals surface area contributed by atoms with Gasteiger partial charge >= 0.3 is 5.97 Å². The first-order valence-corrected chi connectivity index (χ1v) is 8.69. The van der Waals surface area contributed by atoms with Crippen molar-refractivity contribution in [2.24, 2.45) is 0 Å². The Labute approximate surface area is 155 Å². The van der Waals surface area contributed by atoms with E-state index in [-0.39, 0.29) is 11.5 Å². The first-order valence-electron chi connectivity index (χ1n) is 8.69. The maximum absolute atomic E-state index is 13.4. The van der Waals surface area contributed by atoms with Crippen molar-refractivity contribution in [2.45, 2.75) is 25.9 Å². The summed E-state index contributed by atoms with van der Waals surface area (Å²) in [6.45, 7) is 2.30. The van der Waals surface area contributed by atoms with Gasteiger partial charge in [-0.05, 0) is 55.2 Å². The first kappa shape index (κ1) is 17.4. The van der Waals surface area contributed by atoms with Crippen molar-refractivity contribution in [2.75, 3.05) is 6.61 Å². The molecule has 2 aromatic rings. The highest BCUT2D eigenvalue weighted by Crippen LogP contribution is 2.37. The van der Waals surface area contributed by atoms with Crippen molar-refractivity contribution in [3.05, 3.63) is 64.7 Å². The average molecular weight is 368 g/mol. The van der Waals surface area contributed by atoms with E-state index in [1.54, 1.807) is 25.1 Å². The van der Waals surface area contributed by atoms with E-state index >= 15 is 0 Å². The molecule has 5 nitrogen and oxygen atoms in total. The SMILES string of the molecule is Cc1cc(OC(=O)C2CCCO2)cc2c1C(=O)/C(=C/c1cccc(F)c1)O2. The van der Waals surface area contributed by atoms with E-state index in [1.807, 2.05) is 0 Å². The van der Waals surface area contributed by atoms with Crippen LogP contribution in [-0.4, -0.2) is 24.5 Å². The lowest BCUT2D eigenvalue weighted by Crippen LogP contribution is -2.24. The molecule has 2 aliphatic heterocycles. The zero-order valence-electron chi connectivity index (χ0n) is 14.7. The number of Topliss-reactive ketones (excluding diaryl/α,β-unsaturated/α-hetero) is 1. The van der Waals surface area contributed by atoms with Crippen LogP contribution in [0.2, 0.25) is 0 Å². The van der Waals surface area contributed by atoms with Crippen molar-refractivity contribution >= 4 is 17.8 Å². The summed E-state index contributed by atoms with van der Waals surface area (Å²) in [6.07, 6.45) is 2.40. The van der Waals surface area contributed by atoms with Crippen LogP contribution in [0.25, 0.3) is 6.08 Å². The Hall–Kier alpha value is -2.99. The topological polar surface area (TPSA) is 61.8 Å². The summed E-state index contributed by atoms with van der Waals surface area (Å²) >= 11 is 0. The van der Waals surface area contributed by atoms with Crippen molar-refractivity contribution in [1.82, 2.24) is 0 Å². The van der Waals surface area contributed by atoms with E-state index in [0.29, 0.717) is 41.2 Å². The Morgan fingerprint density at radius 1 is 1.30 bits per heavy atom. The van der Waals surface area contributed by atoms with Crippen LogP contribution in [0.4, 0.5) is 4.39 Å². The molecule has 0 aromatic heterocycles. The highest BCUT2D eigenvalue weighted by molar-refractivity contribution is 6.15. The number of halogens is 1. The number of ketones is 1. The third-order valence-corrected chi connectivity index (χ3v) is 4.50. The Morgan fingerprint density at radius 2 is 2.15 bits per heavy atom. The monoisotopic (exact) mass is 368 g/mol. The largest absolute Gasteiger partial charge is 0.452 e. The normalized spacial score (nSPS) is 19.9. The second kappa shape index (κ2) is 6.96. The van der Waals surface area contributed by atoms with Crippen LogP contribution in [0.1, 0.15) is 34.3 Å². The standard InChI is InChI=1S/C21H17FO5/c1-12-8-15(26-21(24)16-6-3-7-25-16)11-17-19(12)20(23)18(27-17)10-13-4-2-5-14(22)9-13/h2,4-5,8-11,16H,3,6-7H2,1H3/b18-10-. The van der Waals surface area contributed by atoms with Gasteiger partial charge in [0.2, 0.25) is 5.78 Å². The smallest absolute Gasteiger partial charge is 0.340 e. The van der Waals surface area contributed by atoms with Crippen LogP contribution in [0.5, 0.6) is 11.5 Å². The Morgan fingerprint density at radius 3 is 2.89 bits per heavy atom. The number of carbonyl (C=O) groups excluding carboxylic acids is 2. The number of fused-ring (bicyclic) bond motifs is 1. The van der Waals surface area contributed by atoms with Gasteiger partial charge in [0.15, 0.2) is 11.9 Å². The van der Waals surface area contributed by atoms with Crippen molar-refractivity contribution in [3.8, 4) is 11.5 Å². The molecule has 27 heavy (non-hydrogen) atoms. The van der Waals surface area contributed by atoms with Crippen molar-refractivity contribution < 1.29 is 28.2 Å². The zero-order valence-corrected chi connectivity index (χ0v) is 14.7. The van der Waals surface area contributed by atoms with E-state index in [0.717, 1.165) is 6.42 Å². The van der Waals surface area contributed by atoms with Gasteiger partial charge in [-0.25, -0.2) is 9.18 Å². The molecule has 0 radical (unpaired) electrons. The lowest BCUT2D eigenvalue weighted by molar-refractivity contribution is -0.144. The van der Waals surface area contributed by atoms with Crippen molar-refractivity contribution in [3.63, 3.8) is 0 Å². The summed E-state index contributed by atoms with van der Waals surface area (Å²) in [4.78, 5) is 24.8. The van der Waals surface area contributed by atoms with Crippen LogP contribution in [0.3, 0.4) is 0 Å². The molecule has 1 atom stereocenters. The van der Waals surface area contributed by atoms with Gasteiger partial charge in [-0.15, -0.1) is 0 Å². The summed E-state index contributed by atoms with van der Waals surface area (Å²) < 4.78 is 29.7. The lowest BCUT2D eigenvalue weighted by atomic mass is 10.0. The van der Waals surface area contributed by atoms with Gasteiger partial charge < -0.3 is 14.2 Å². The van der Waals surface area contributed by atoms with Gasteiger partial charge in [0, 0.05) is 12.7 Å². The highest BCUT2D eigenvalue weighted by atomic mass is 19.1. The van der Waals surface area contributed by atoms with Crippen LogP contribution < -0.4 is 9.47 Å². The summed E-state index contributed by atoms with van der Waals surface area (Å²) in [6, 6.07) is 9.01. The number of hydrogen-bond acceptors (Lipinski definition) is 5. The number of rotatable bonds is 3. The molecule has 4 rings (SSSR count). The van der Waals surface area contributed by atoms with Crippen LogP contribution in [0.15, 0.2) is 42.2 Å². The number of ether oxygens (including phenoxy) is 3. The number of esters is 1. The highest BCUT2D eigenvalue weighted by Gasteiger charge is 2.31. The fourth-order valence-electron chi connectivity index (χ4n) is 3.23. The molecule has 0 spiro atoms.